The van der Waals surface area contributed by atoms with E-state index in [0.717, 1.165) is 5.69 Å². The first-order valence-electron chi connectivity index (χ1n) is 5.46. The summed E-state index contributed by atoms with van der Waals surface area (Å²) in [5.74, 6) is 0.180. The van der Waals surface area contributed by atoms with E-state index >= 15 is 0 Å². The highest BCUT2D eigenvalue weighted by Crippen LogP contribution is 2.24. The van der Waals surface area contributed by atoms with Crippen LogP contribution in [-0.2, 0) is 0 Å². The first-order valence-corrected chi connectivity index (χ1v) is 5.46. The summed E-state index contributed by atoms with van der Waals surface area (Å²) in [5, 5.41) is 9.03. The molecule has 3 N–H and O–H groups in total. The molecule has 1 rings (SSSR count). The van der Waals surface area contributed by atoms with Gasteiger partial charge in [0.05, 0.1) is 6.33 Å². The number of hydrogen-bond acceptors (Lipinski definition) is 3. The van der Waals surface area contributed by atoms with Gasteiger partial charge in [0.2, 0.25) is 0 Å². The smallest absolute Gasteiger partial charge is 0.0950 e. The molecule has 1 aromatic heterocycles. The summed E-state index contributed by atoms with van der Waals surface area (Å²) in [4.78, 5) is 4.15. The molecule has 0 aliphatic carbocycles. The molecule has 0 aliphatic heterocycles. The molecule has 2 unspecified atom stereocenters. The highest BCUT2D eigenvalue weighted by Gasteiger charge is 2.20. The lowest BCUT2D eigenvalue weighted by atomic mass is 9.95. The summed E-state index contributed by atoms with van der Waals surface area (Å²) in [5.41, 5.74) is 7.05. The second-order valence-electron chi connectivity index (χ2n) is 4.30. The van der Waals surface area contributed by atoms with Crippen LogP contribution in [0.15, 0.2) is 12.5 Å². The van der Waals surface area contributed by atoms with Crippen LogP contribution in [0.2, 0.25) is 0 Å². The number of aliphatic hydroxyl groups excluding tert-OH is 1. The molecule has 0 fully saturated rings. The van der Waals surface area contributed by atoms with Crippen LogP contribution in [-0.4, -0.2) is 27.3 Å². The minimum absolute atomic E-state index is 0.0337. The molecule has 0 aromatic carbocycles. The topological polar surface area (TPSA) is 64.1 Å². The van der Waals surface area contributed by atoms with Gasteiger partial charge < -0.3 is 15.4 Å². The molecular formula is C11H21N3O. The zero-order valence-electron chi connectivity index (χ0n) is 9.72. The third-order valence-electron chi connectivity index (χ3n) is 2.71. The minimum Gasteiger partial charge on any atom is -0.396 e. The van der Waals surface area contributed by atoms with Gasteiger partial charge in [0, 0.05) is 36.5 Å². The summed E-state index contributed by atoms with van der Waals surface area (Å²) in [6.07, 6.45) is 4.37. The van der Waals surface area contributed by atoms with E-state index in [2.05, 4.69) is 23.4 Å². The Morgan fingerprint density at radius 1 is 1.47 bits per heavy atom. The van der Waals surface area contributed by atoms with Crippen LogP contribution in [0.3, 0.4) is 0 Å². The first kappa shape index (κ1) is 12.2. The Bertz CT molecular complexity index is 294. The van der Waals surface area contributed by atoms with Crippen LogP contribution < -0.4 is 5.73 Å². The van der Waals surface area contributed by atoms with Crippen LogP contribution in [0.1, 0.15) is 44.8 Å². The van der Waals surface area contributed by atoms with Gasteiger partial charge in [-0.1, -0.05) is 0 Å². The Morgan fingerprint density at radius 2 is 2.13 bits per heavy atom. The number of aliphatic hydroxyl groups is 1. The maximum atomic E-state index is 9.03. The number of nitrogens with zero attached hydrogens (tertiary/aromatic N) is 2. The average Bonchev–Trinajstić information content (AvgIpc) is 2.61. The second kappa shape index (κ2) is 5.28. The standard InChI is InChI=1S/C11H21N3O/c1-8(2)14-7-13-6-11(14)10(4-5-15)9(3)12/h6-10,15H,4-5,12H2,1-3H3. The second-order valence-corrected chi connectivity index (χ2v) is 4.30. The highest BCUT2D eigenvalue weighted by atomic mass is 16.3. The third-order valence-corrected chi connectivity index (χ3v) is 2.71. The zero-order chi connectivity index (χ0) is 11.4. The van der Waals surface area contributed by atoms with Crippen molar-refractivity contribution in [2.24, 2.45) is 5.73 Å². The molecule has 0 radical (unpaired) electrons. The molecular weight excluding hydrogens is 190 g/mol. The van der Waals surface area contributed by atoms with Crippen molar-refractivity contribution in [2.75, 3.05) is 6.61 Å². The summed E-state index contributed by atoms with van der Waals surface area (Å²) in [6.45, 7) is 6.36. The number of hydrogen-bond donors (Lipinski definition) is 2. The Morgan fingerprint density at radius 3 is 2.60 bits per heavy atom. The minimum atomic E-state index is 0.0337. The Labute approximate surface area is 91.1 Å². The Hall–Kier alpha value is -0.870. The molecule has 4 heteroatoms. The van der Waals surface area contributed by atoms with E-state index in [9.17, 15) is 0 Å². The Kier molecular flexibility index (Phi) is 4.29. The summed E-state index contributed by atoms with van der Waals surface area (Å²) in [6, 6.07) is 0.411. The van der Waals surface area contributed by atoms with Gasteiger partial charge in [-0.2, -0.15) is 0 Å². The van der Waals surface area contributed by atoms with Crippen molar-refractivity contribution in [3.8, 4) is 0 Å². The molecule has 0 saturated carbocycles. The zero-order valence-corrected chi connectivity index (χ0v) is 9.72. The molecule has 0 amide bonds. The first-order chi connectivity index (χ1) is 7.07. The molecule has 0 aliphatic rings. The molecule has 4 nitrogen and oxygen atoms in total. The van der Waals surface area contributed by atoms with Crippen molar-refractivity contribution >= 4 is 0 Å². The summed E-state index contributed by atoms with van der Waals surface area (Å²) < 4.78 is 2.11. The molecule has 1 heterocycles. The van der Waals surface area contributed by atoms with E-state index in [1.807, 2.05) is 19.4 Å². The molecule has 86 valence electrons. The fourth-order valence-electron chi connectivity index (χ4n) is 1.85. The van der Waals surface area contributed by atoms with Gasteiger partial charge in [0.1, 0.15) is 0 Å². The maximum absolute atomic E-state index is 9.03. The van der Waals surface area contributed by atoms with Gasteiger partial charge in [-0.15, -0.1) is 0 Å². The SMILES string of the molecule is CC(N)C(CCO)c1cncn1C(C)C. The average molecular weight is 211 g/mol. The normalized spacial score (nSPS) is 15.6. The van der Waals surface area contributed by atoms with Crippen LogP contribution >= 0.6 is 0 Å². The quantitative estimate of drug-likeness (QED) is 0.771. The summed E-state index contributed by atoms with van der Waals surface area (Å²) >= 11 is 0. The number of imidazole rings is 1. The van der Waals surface area contributed by atoms with Gasteiger partial charge in [-0.25, -0.2) is 4.98 Å². The Balaban J connectivity index is 2.94. The molecule has 1 aromatic rings. The van der Waals surface area contributed by atoms with E-state index < -0.39 is 0 Å². The van der Waals surface area contributed by atoms with Crippen molar-refractivity contribution < 1.29 is 5.11 Å². The number of aromatic nitrogens is 2. The fourth-order valence-corrected chi connectivity index (χ4v) is 1.85. The third kappa shape index (κ3) is 2.79. The predicted molar refractivity (Wildman–Crippen MR) is 60.7 cm³/mol. The fraction of sp³-hybridized carbons (Fsp3) is 0.727. The predicted octanol–water partition coefficient (Wildman–Crippen LogP) is 1.28. The molecule has 0 spiro atoms. The monoisotopic (exact) mass is 211 g/mol. The summed E-state index contributed by atoms with van der Waals surface area (Å²) in [7, 11) is 0. The van der Waals surface area contributed by atoms with Crippen molar-refractivity contribution in [2.45, 2.75) is 45.2 Å². The lowest BCUT2D eigenvalue weighted by Gasteiger charge is -2.23. The van der Waals surface area contributed by atoms with E-state index in [4.69, 9.17) is 10.8 Å². The van der Waals surface area contributed by atoms with E-state index in [0.29, 0.717) is 12.5 Å². The lowest BCUT2D eigenvalue weighted by molar-refractivity contribution is 0.265. The van der Waals surface area contributed by atoms with Gasteiger partial charge in [0.15, 0.2) is 0 Å². The van der Waals surface area contributed by atoms with Crippen LogP contribution in [0, 0.1) is 0 Å². The van der Waals surface area contributed by atoms with Gasteiger partial charge in [-0.05, 0) is 27.2 Å². The van der Waals surface area contributed by atoms with E-state index in [-0.39, 0.29) is 18.6 Å². The number of nitrogens with two attached hydrogens (primary N) is 1. The molecule has 0 bridgehead atoms. The van der Waals surface area contributed by atoms with Crippen LogP contribution in [0.4, 0.5) is 0 Å². The van der Waals surface area contributed by atoms with Crippen molar-refractivity contribution in [1.82, 2.24) is 9.55 Å². The number of rotatable bonds is 5. The lowest BCUT2D eigenvalue weighted by Crippen LogP contribution is -2.27. The van der Waals surface area contributed by atoms with Gasteiger partial charge in [-0.3, -0.25) is 0 Å². The maximum Gasteiger partial charge on any atom is 0.0950 e. The van der Waals surface area contributed by atoms with Gasteiger partial charge >= 0.3 is 0 Å². The van der Waals surface area contributed by atoms with E-state index in [1.165, 1.54) is 0 Å². The van der Waals surface area contributed by atoms with Crippen LogP contribution in [0.25, 0.3) is 0 Å². The van der Waals surface area contributed by atoms with E-state index in [1.54, 1.807) is 0 Å². The molecule has 2 atom stereocenters. The molecule has 0 saturated heterocycles. The van der Waals surface area contributed by atoms with Crippen molar-refractivity contribution in [3.05, 3.63) is 18.2 Å². The van der Waals surface area contributed by atoms with Gasteiger partial charge in [0.25, 0.3) is 0 Å². The highest BCUT2D eigenvalue weighted by molar-refractivity contribution is 5.10. The van der Waals surface area contributed by atoms with Crippen molar-refractivity contribution in [1.29, 1.82) is 0 Å². The molecule has 15 heavy (non-hydrogen) atoms. The largest absolute Gasteiger partial charge is 0.396 e. The van der Waals surface area contributed by atoms with Crippen LogP contribution in [0.5, 0.6) is 0 Å². The van der Waals surface area contributed by atoms with Crippen molar-refractivity contribution in [3.63, 3.8) is 0 Å².